The molecule has 7 heteroatoms. The van der Waals surface area contributed by atoms with Crippen LogP contribution in [-0.2, 0) is 9.53 Å². The number of carboxylic acid groups (broad SMARTS) is 1. The average Bonchev–Trinajstić information content (AvgIpc) is 3.00. The molecular formula is C16H17NO5S. The summed E-state index contributed by atoms with van der Waals surface area (Å²) in [4.78, 5) is 24.5. The van der Waals surface area contributed by atoms with E-state index in [4.69, 9.17) is 14.6 Å². The first kappa shape index (κ1) is 17.0. The molecule has 2 aromatic rings. The summed E-state index contributed by atoms with van der Waals surface area (Å²) in [6, 6.07) is 11.4. The van der Waals surface area contributed by atoms with Gasteiger partial charge in [-0.15, -0.1) is 11.3 Å². The summed E-state index contributed by atoms with van der Waals surface area (Å²) in [6.45, 7) is -0.119. The Hall–Kier alpha value is -2.38. The van der Waals surface area contributed by atoms with Gasteiger partial charge in [0, 0.05) is 12.0 Å². The molecule has 1 unspecified atom stereocenters. The number of ether oxygens (including phenoxy) is 2. The van der Waals surface area contributed by atoms with Crippen molar-refractivity contribution in [1.82, 2.24) is 5.32 Å². The lowest BCUT2D eigenvalue weighted by Crippen LogP contribution is -2.37. The van der Waals surface area contributed by atoms with Crippen molar-refractivity contribution in [2.75, 3.05) is 20.8 Å². The van der Waals surface area contributed by atoms with Crippen LogP contribution in [0, 0.1) is 0 Å². The first-order valence-corrected chi connectivity index (χ1v) is 7.65. The van der Waals surface area contributed by atoms with Crippen molar-refractivity contribution in [3.05, 3.63) is 41.3 Å². The Morgan fingerprint density at radius 1 is 1.26 bits per heavy atom. The molecule has 2 rings (SSSR count). The summed E-state index contributed by atoms with van der Waals surface area (Å²) < 4.78 is 10.0. The third kappa shape index (κ3) is 4.08. The van der Waals surface area contributed by atoms with E-state index in [2.05, 4.69) is 5.32 Å². The fourth-order valence-corrected chi connectivity index (χ4v) is 3.01. The number of hydrogen-bond donors (Lipinski definition) is 2. The maximum Gasteiger partial charge on any atom is 0.334 e. The molecule has 2 N–H and O–H groups in total. The summed E-state index contributed by atoms with van der Waals surface area (Å²) in [5.41, 5.74) is 0.982. The second kappa shape index (κ2) is 7.75. The Morgan fingerprint density at radius 3 is 2.52 bits per heavy atom. The number of nitrogens with one attached hydrogen (secondary N) is 1. The highest BCUT2D eigenvalue weighted by Gasteiger charge is 2.21. The molecule has 0 fully saturated rings. The van der Waals surface area contributed by atoms with Crippen LogP contribution in [0.3, 0.4) is 0 Å². The van der Waals surface area contributed by atoms with Crippen LogP contribution in [0.1, 0.15) is 9.67 Å². The van der Waals surface area contributed by atoms with Crippen LogP contribution in [0.15, 0.2) is 36.4 Å². The molecular weight excluding hydrogens is 318 g/mol. The van der Waals surface area contributed by atoms with E-state index < -0.39 is 18.0 Å². The van der Waals surface area contributed by atoms with Gasteiger partial charge in [0.1, 0.15) is 10.6 Å². The smallest absolute Gasteiger partial charge is 0.334 e. The van der Waals surface area contributed by atoms with Crippen LogP contribution < -0.4 is 10.1 Å². The first-order chi connectivity index (χ1) is 11.1. The molecule has 0 saturated carbocycles. The van der Waals surface area contributed by atoms with E-state index in [1.807, 2.05) is 30.3 Å². The van der Waals surface area contributed by atoms with Crippen molar-refractivity contribution in [1.29, 1.82) is 0 Å². The molecule has 0 spiro atoms. The molecule has 1 aromatic heterocycles. The molecule has 23 heavy (non-hydrogen) atoms. The van der Waals surface area contributed by atoms with Crippen LogP contribution >= 0.6 is 11.3 Å². The molecule has 1 amide bonds. The highest BCUT2D eigenvalue weighted by Crippen LogP contribution is 2.36. The predicted octanol–water partition coefficient (Wildman–Crippen LogP) is 2.25. The Labute approximate surface area is 137 Å². The summed E-state index contributed by atoms with van der Waals surface area (Å²) in [5.74, 6) is -1.07. The van der Waals surface area contributed by atoms with Crippen LogP contribution in [0.5, 0.6) is 5.75 Å². The van der Waals surface area contributed by atoms with E-state index in [0.717, 1.165) is 10.4 Å². The molecule has 0 saturated heterocycles. The number of carbonyl (C=O) groups excluding carboxylic acids is 1. The molecule has 1 atom stereocenters. The minimum Gasteiger partial charge on any atom is -0.495 e. The molecule has 0 aliphatic heterocycles. The summed E-state index contributed by atoms with van der Waals surface area (Å²) in [7, 11) is 2.77. The molecule has 0 bridgehead atoms. The molecule has 122 valence electrons. The van der Waals surface area contributed by atoms with Crippen molar-refractivity contribution in [2.24, 2.45) is 0 Å². The molecule has 0 aliphatic rings. The van der Waals surface area contributed by atoms with Gasteiger partial charge in [-0.3, -0.25) is 4.79 Å². The summed E-state index contributed by atoms with van der Waals surface area (Å²) >= 11 is 1.29. The maximum atomic E-state index is 12.3. The zero-order valence-corrected chi connectivity index (χ0v) is 13.6. The van der Waals surface area contributed by atoms with Crippen LogP contribution in [0.2, 0.25) is 0 Å². The number of amides is 1. The Morgan fingerprint density at radius 2 is 1.96 bits per heavy atom. The van der Waals surface area contributed by atoms with Crippen LogP contribution in [0.25, 0.3) is 10.4 Å². The minimum absolute atomic E-state index is 0.119. The highest BCUT2D eigenvalue weighted by molar-refractivity contribution is 7.17. The van der Waals surface area contributed by atoms with Crippen molar-refractivity contribution in [3.8, 4) is 16.2 Å². The van der Waals surface area contributed by atoms with Gasteiger partial charge in [-0.1, -0.05) is 30.3 Å². The van der Waals surface area contributed by atoms with E-state index in [1.165, 1.54) is 25.6 Å². The second-order valence-corrected chi connectivity index (χ2v) is 5.70. The van der Waals surface area contributed by atoms with Gasteiger partial charge in [0.2, 0.25) is 0 Å². The number of carboxylic acids is 1. The third-order valence-corrected chi connectivity index (χ3v) is 4.35. The number of rotatable bonds is 7. The quantitative estimate of drug-likeness (QED) is 0.811. The molecule has 1 heterocycles. The molecule has 0 aliphatic carbocycles. The van der Waals surface area contributed by atoms with Crippen molar-refractivity contribution in [3.63, 3.8) is 0 Å². The largest absolute Gasteiger partial charge is 0.495 e. The van der Waals surface area contributed by atoms with Gasteiger partial charge < -0.3 is 19.9 Å². The number of carbonyl (C=O) groups is 2. The first-order valence-electron chi connectivity index (χ1n) is 6.83. The Bertz CT molecular complexity index is 683. The summed E-state index contributed by atoms with van der Waals surface area (Å²) in [6.07, 6.45) is -1.08. The standard InChI is InChI=1S/C16H17NO5S/c1-21-11-8-13(10-6-4-3-5-7-10)23-14(11)15(18)17-9-12(22-2)16(19)20/h3-8,12H,9H2,1-2H3,(H,17,18)(H,19,20). The van der Waals surface area contributed by atoms with E-state index in [1.54, 1.807) is 6.07 Å². The topological polar surface area (TPSA) is 84.9 Å². The zero-order valence-electron chi connectivity index (χ0n) is 12.7. The van der Waals surface area contributed by atoms with Gasteiger partial charge in [0.25, 0.3) is 5.91 Å². The number of hydrogen-bond acceptors (Lipinski definition) is 5. The van der Waals surface area contributed by atoms with Gasteiger partial charge in [-0.05, 0) is 11.6 Å². The van der Waals surface area contributed by atoms with Gasteiger partial charge in [0.15, 0.2) is 6.10 Å². The SMILES string of the molecule is COc1cc(-c2ccccc2)sc1C(=O)NCC(OC)C(=O)O. The fourth-order valence-electron chi connectivity index (χ4n) is 1.97. The van der Waals surface area contributed by atoms with Gasteiger partial charge in [0.05, 0.1) is 13.7 Å². The lowest BCUT2D eigenvalue weighted by Gasteiger charge is -2.11. The average molecular weight is 335 g/mol. The molecule has 1 aromatic carbocycles. The number of thiophene rings is 1. The Kier molecular flexibility index (Phi) is 5.72. The van der Waals surface area contributed by atoms with E-state index in [0.29, 0.717) is 10.6 Å². The second-order valence-electron chi connectivity index (χ2n) is 4.65. The van der Waals surface area contributed by atoms with E-state index in [9.17, 15) is 9.59 Å². The van der Waals surface area contributed by atoms with Gasteiger partial charge >= 0.3 is 5.97 Å². The zero-order chi connectivity index (χ0) is 16.8. The fraction of sp³-hybridized carbons (Fsp3) is 0.250. The maximum absolute atomic E-state index is 12.3. The number of benzene rings is 1. The minimum atomic E-state index is -1.13. The van der Waals surface area contributed by atoms with Crippen LogP contribution in [-0.4, -0.2) is 43.9 Å². The normalized spacial score (nSPS) is 11.7. The van der Waals surface area contributed by atoms with Crippen molar-refractivity contribution < 1.29 is 24.2 Å². The van der Waals surface area contributed by atoms with Gasteiger partial charge in [-0.2, -0.15) is 0 Å². The van der Waals surface area contributed by atoms with E-state index >= 15 is 0 Å². The highest BCUT2D eigenvalue weighted by atomic mass is 32.1. The number of aliphatic carboxylic acids is 1. The van der Waals surface area contributed by atoms with Crippen molar-refractivity contribution in [2.45, 2.75) is 6.10 Å². The van der Waals surface area contributed by atoms with Crippen LogP contribution in [0.4, 0.5) is 0 Å². The lowest BCUT2D eigenvalue weighted by atomic mass is 10.2. The number of methoxy groups -OCH3 is 2. The monoisotopic (exact) mass is 335 g/mol. The third-order valence-electron chi connectivity index (χ3n) is 3.19. The molecule has 0 radical (unpaired) electrons. The lowest BCUT2D eigenvalue weighted by molar-refractivity contribution is -0.147. The van der Waals surface area contributed by atoms with E-state index in [-0.39, 0.29) is 6.54 Å². The van der Waals surface area contributed by atoms with Crippen molar-refractivity contribution >= 4 is 23.2 Å². The van der Waals surface area contributed by atoms with Gasteiger partial charge in [-0.25, -0.2) is 4.79 Å². The summed E-state index contributed by atoms with van der Waals surface area (Å²) in [5, 5.41) is 11.5. The predicted molar refractivity (Wildman–Crippen MR) is 87.1 cm³/mol. The Balaban J connectivity index is 2.17. The molecule has 6 nitrogen and oxygen atoms in total.